The van der Waals surface area contributed by atoms with Gasteiger partial charge in [-0.25, -0.2) is 4.98 Å². The summed E-state index contributed by atoms with van der Waals surface area (Å²) < 4.78 is 0. The summed E-state index contributed by atoms with van der Waals surface area (Å²) in [6.07, 6.45) is 1.81. The second-order valence-electron chi connectivity index (χ2n) is 10.4. The Balaban J connectivity index is 1.14. The highest BCUT2D eigenvalue weighted by Gasteiger charge is 2.26. The molecule has 0 spiro atoms. The average Bonchev–Trinajstić information content (AvgIpc) is 2.97. The first-order chi connectivity index (χ1) is 18.9. The molecule has 0 aliphatic carbocycles. The number of hydrogen-bond acceptors (Lipinski definition) is 7. The molecule has 0 saturated carbocycles. The smallest absolute Gasteiger partial charge is 0.253 e. The zero-order valence-corrected chi connectivity index (χ0v) is 22.7. The van der Waals surface area contributed by atoms with Gasteiger partial charge in [-0.05, 0) is 74.5 Å². The molecule has 2 aliphatic rings. The van der Waals surface area contributed by atoms with Gasteiger partial charge in [-0.1, -0.05) is 0 Å². The van der Waals surface area contributed by atoms with E-state index in [1.807, 2.05) is 46.2 Å². The van der Waals surface area contributed by atoms with Gasteiger partial charge < -0.3 is 30.7 Å². The normalized spacial score (nSPS) is 16.0. The molecular formula is C30H37N7O2. The number of carbonyl (C=O) groups is 2. The number of aromatic nitrogens is 1. The van der Waals surface area contributed by atoms with Gasteiger partial charge in [-0.15, -0.1) is 0 Å². The van der Waals surface area contributed by atoms with E-state index < -0.39 is 0 Å². The van der Waals surface area contributed by atoms with Gasteiger partial charge >= 0.3 is 0 Å². The number of nitrogens with zero attached hydrogens (tertiary/aromatic N) is 5. The Bertz CT molecular complexity index is 1280. The first-order valence-electron chi connectivity index (χ1n) is 13.6. The highest BCUT2D eigenvalue weighted by Crippen LogP contribution is 2.25. The lowest BCUT2D eigenvalue weighted by Crippen LogP contribution is -2.49. The molecule has 0 bridgehead atoms. The molecule has 204 valence electrons. The van der Waals surface area contributed by atoms with E-state index in [9.17, 15) is 9.59 Å². The summed E-state index contributed by atoms with van der Waals surface area (Å²) in [5.74, 6) is 0.920. The number of hydrogen-bond donors (Lipinski definition) is 2. The first-order valence-corrected chi connectivity index (χ1v) is 13.6. The number of nitrogens with two attached hydrogens (primary N) is 1. The molecule has 0 atom stereocenters. The van der Waals surface area contributed by atoms with Crippen LogP contribution in [0.15, 0.2) is 66.9 Å². The van der Waals surface area contributed by atoms with E-state index in [1.165, 1.54) is 0 Å². The third-order valence-corrected chi connectivity index (χ3v) is 7.30. The maximum absolute atomic E-state index is 13.2. The Morgan fingerprint density at radius 3 is 1.77 bits per heavy atom. The Kier molecular flexibility index (Phi) is 7.86. The van der Waals surface area contributed by atoms with E-state index in [0.29, 0.717) is 56.4 Å². The molecule has 2 amide bonds. The number of rotatable bonds is 6. The van der Waals surface area contributed by atoms with Crippen LogP contribution in [-0.2, 0) is 0 Å². The Morgan fingerprint density at radius 2 is 1.26 bits per heavy atom. The summed E-state index contributed by atoms with van der Waals surface area (Å²) in [4.78, 5) is 39.1. The molecule has 2 saturated heterocycles. The van der Waals surface area contributed by atoms with Gasteiger partial charge in [0.2, 0.25) is 0 Å². The highest BCUT2D eigenvalue weighted by molar-refractivity contribution is 5.98. The Hall–Kier alpha value is -4.27. The summed E-state index contributed by atoms with van der Waals surface area (Å²) >= 11 is 0. The zero-order valence-electron chi connectivity index (χ0n) is 22.7. The number of anilines is 4. The van der Waals surface area contributed by atoms with Crippen LogP contribution >= 0.6 is 0 Å². The van der Waals surface area contributed by atoms with Crippen molar-refractivity contribution in [3.05, 3.63) is 78.0 Å². The predicted octanol–water partition coefficient (Wildman–Crippen LogP) is 3.41. The minimum absolute atomic E-state index is 0.000687. The summed E-state index contributed by atoms with van der Waals surface area (Å²) in [5, 5.41) is 3.46. The number of carbonyl (C=O) groups excluding carboxylic acids is 2. The van der Waals surface area contributed by atoms with Crippen molar-refractivity contribution in [1.29, 1.82) is 0 Å². The van der Waals surface area contributed by atoms with Gasteiger partial charge in [0, 0.05) is 87.1 Å². The maximum atomic E-state index is 13.2. The zero-order chi connectivity index (χ0) is 27.4. The van der Waals surface area contributed by atoms with Gasteiger partial charge in [0.05, 0.1) is 5.69 Å². The Morgan fingerprint density at radius 1 is 0.744 bits per heavy atom. The fourth-order valence-electron chi connectivity index (χ4n) is 5.17. The monoisotopic (exact) mass is 527 g/mol. The van der Waals surface area contributed by atoms with Crippen LogP contribution in [0.2, 0.25) is 0 Å². The van der Waals surface area contributed by atoms with Crippen molar-refractivity contribution < 1.29 is 9.59 Å². The summed E-state index contributed by atoms with van der Waals surface area (Å²) in [6.45, 7) is 9.73. The topological polar surface area (TPSA) is 98.0 Å². The minimum atomic E-state index is -0.00712. The molecule has 3 aromatic rings. The summed E-state index contributed by atoms with van der Waals surface area (Å²) in [5.41, 5.74) is 9.89. The molecular weight excluding hydrogens is 490 g/mol. The maximum Gasteiger partial charge on any atom is 0.253 e. The van der Waals surface area contributed by atoms with Crippen molar-refractivity contribution in [3.8, 4) is 0 Å². The van der Waals surface area contributed by atoms with E-state index >= 15 is 0 Å². The van der Waals surface area contributed by atoms with Crippen molar-refractivity contribution in [1.82, 2.24) is 14.8 Å². The van der Waals surface area contributed by atoms with E-state index in [2.05, 4.69) is 33.9 Å². The lowest BCUT2D eigenvalue weighted by molar-refractivity contribution is 0.0734. The van der Waals surface area contributed by atoms with Crippen molar-refractivity contribution in [2.45, 2.75) is 19.9 Å². The molecule has 2 aliphatic heterocycles. The quantitative estimate of drug-likeness (QED) is 0.474. The lowest BCUT2D eigenvalue weighted by Gasteiger charge is -2.36. The molecule has 9 nitrogen and oxygen atoms in total. The van der Waals surface area contributed by atoms with Crippen LogP contribution in [0.1, 0.15) is 34.6 Å². The fourth-order valence-corrected chi connectivity index (χ4v) is 5.17. The number of nitrogens with one attached hydrogen (secondary N) is 1. The van der Waals surface area contributed by atoms with Crippen LogP contribution in [0, 0.1) is 0 Å². The van der Waals surface area contributed by atoms with Crippen LogP contribution in [0.3, 0.4) is 0 Å². The molecule has 9 heteroatoms. The molecule has 2 fully saturated rings. The largest absolute Gasteiger partial charge is 0.399 e. The van der Waals surface area contributed by atoms with Gasteiger partial charge in [0.15, 0.2) is 5.82 Å². The Labute approximate surface area is 230 Å². The number of piperazine rings is 2. The number of pyridine rings is 1. The van der Waals surface area contributed by atoms with Gasteiger partial charge in [0.1, 0.15) is 0 Å². The van der Waals surface area contributed by atoms with E-state index in [0.717, 1.165) is 36.0 Å². The van der Waals surface area contributed by atoms with Crippen LogP contribution in [-0.4, -0.2) is 85.0 Å². The van der Waals surface area contributed by atoms with Crippen LogP contribution in [0.4, 0.5) is 22.9 Å². The highest BCUT2D eigenvalue weighted by atomic mass is 16.2. The van der Waals surface area contributed by atoms with Gasteiger partial charge in [-0.3, -0.25) is 9.59 Å². The molecule has 0 radical (unpaired) electrons. The fraction of sp³-hybridized carbons (Fsp3) is 0.367. The van der Waals surface area contributed by atoms with Crippen molar-refractivity contribution in [2.75, 3.05) is 73.2 Å². The second-order valence-corrected chi connectivity index (χ2v) is 10.4. The third-order valence-electron chi connectivity index (χ3n) is 7.30. The summed E-state index contributed by atoms with van der Waals surface area (Å²) in [6, 6.07) is 19.2. The van der Waals surface area contributed by atoms with Crippen LogP contribution in [0.5, 0.6) is 0 Å². The van der Waals surface area contributed by atoms with Crippen LogP contribution < -0.4 is 20.9 Å². The molecule has 0 unspecified atom stereocenters. The molecule has 2 aromatic carbocycles. The molecule has 3 heterocycles. The number of benzene rings is 2. The number of nitrogen functional groups attached to an aromatic ring is 1. The summed E-state index contributed by atoms with van der Waals surface area (Å²) in [7, 11) is 0. The minimum Gasteiger partial charge on any atom is -0.399 e. The standard InChI is InChI=1S/C30H37N7O2/c1-22(2)33-27-4-3-13-32-28(27)35-16-20-37(21-17-35)30(39)24-7-5-23(6-8-24)29(38)36-18-14-34(15-19-36)26-11-9-25(31)10-12-26/h3-13,22,33H,14-21,31H2,1-2H3. The third kappa shape index (κ3) is 6.08. The molecule has 1 aromatic heterocycles. The van der Waals surface area contributed by atoms with Crippen molar-refractivity contribution in [3.63, 3.8) is 0 Å². The SMILES string of the molecule is CC(C)Nc1cccnc1N1CCN(C(=O)c2ccc(C(=O)N3CCN(c4ccc(N)cc4)CC3)cc2)CC1. The van der Waals surface area contributed by atoms with E-state index in [-0.39, 0.29) is 11.8 Å². The van der Waals surface area contributed by atoms with Gasteiger partial charge in [0.25, 0.3) is 11.8 Å². The molecule has 5 rings (SSSR count). The molecule has 3 N–H and O–H groups in total. The molecule has 39 heavy (non-hydrogen) atoms. The lowest BCUT2D eigenvalue weighted by atomic mass is 10.1. The second kappa shape index (κ2) is 11.6. The van der Waals surface area contributed by atoms with E-state index in [1.54, 1.807) is 30.5 Å². The van der Waals surface area contributed by atoms with Gasteiger partial charge in [-0.2, -0.15) is 0 Å². The van der Waals surface area contributed by atoms with Crippen molar-refractivity contribution in [2.24, 2.45) is 0 Å². The van der Waals surface area contributed by atoms with Crippen LogP contribution in [0.25, 0.3) is 0 Å². The number of amides is 2. The van der Waals surface area contributed by atoms with Crippen molar-refractivity contribution >= 4 is 34.7 Å². The van der Waals surface area contributed by atoms with E-state index in [4.69, 9.17) is 5.73 Å². The average molecular weight is 528 g/mol. The first kappa shape index (κ1) is 26.3. The predicted molar refractivity (Wildman–Crippen MR) is 157 cm³/mol.